The van der Waals surface area contributed by atoms with Crippen molar-refractivity contribution in [3.63, 3.8) is 0 Å². The van der Waals surface area contributed by atoms with Gasteiger partial charge in [-0.25, -0.2) is 0 Å². The van der Waals surface area contributed by atoms with Gasteiger partial charge in [-0.1, -0.05) is 13.8 Å². The van der Waals surface area contributed by atoms with Gasteiger partial charge in [0.05, 0.1) is 0 Å². The maximum absolute atomic E-state index is 3.82. The molecular weight excluding hydrogens is 264 g/mol. The van der Waals surface area contributed by atoms with E-state index in [4.69, 9.17) is 0 Å². The second-order valence-electron chi connectivity index (χ2n) is 7.58. The molecule has 1 saturated heterocycles. The fraction of sp³-hybridized carbons (Fsp3) is 1.00. The van der Waals surface area contributed by atoms with Crippen molar-refractivity contribution < 1.29 is 0 Å². The third-order valence-corrected chi connectivity index (χ3v) is 6.20. The van der Waals surface area contributed by atoms with Crippen molar-refractivity contribution in [2.75, 3.05) is 31.9 Å². The van der Waals surface area contributed by atoms with Crippen LogP contribution in [-0.4, -0.2) is 47.6 Å². The highest BCUT2D eigenvalue weighted by Crippen LogP contribution is 2.33. The average molecular weight is 299 g/mol. The zero-order valence-corrected chi connectivity index (χ0v) is 14.8. The highest BCUT2D eigenvalue weighted by molar-refractivity contribution is 8.00. The summed E-state index contributed by atoms with van der Waals surface area (Å²) in [5.41, 5.74) is 0. The van der Waals surface area contributed by atoms with Crippen molar-refractivity contribution in [2.45, 2.75) is 64.2 Å². The monoisotopic (exact) mass is 298 g/mol. The molecule has 0 aromatic rings. The highest BCUT2D eigenvalue weighted by atomic mass is 32.2. The minimum atomic E-state index is 0.449. The SMILES string of the molecule is CCCNC1CCC(C)CC1CN1CCSC(C)(C)C1. The predicted molar refractivity (Wildman–Crippen MR) is 91.6 cm³/mol. The van der Waals surface area contributed by atoms with Gasteiger partial charge in [0.15, 0.2) is 0 Å². The Hall–Kier alpha value is 0.270. The molecule has 2 aliphatic rings. The quantitative estimate of drug-likeness (QED) is 0.834. The zero-order chi connectivity index (χ0) is 14.6. The van der Waals surface area contributed by atoms with Gasteiger partial charge in [-0.15, -0.1) is 0 Å². The van der Waals surface area contributed by atoms with E-state index in [0.717, 1.165) is 17.9 Å². The molecule has 2 fully saturated rings. The minimum absolute atomic E-state index is 0.449. The minimum Gasteiger partial charge on any atom is -0.314 e. The van der Waals surface area contributed by atoms with E-state index in [1.54, 1.807) is 0 Å². The van der Waals surface area contributed by atoms with Gasteiger partial charge in [-0.05, 0) is 57.9 Å². The first-order valence-electron chi connectivity index (χ1n) is 8.60. The Morgan fingerprint density at radius 1 is 1.30 bits per heavy atom. The Balaban J connectivity index is 1.89. The van der Waals surface area contributed by atoms with Gasteiger partial charge in [0.1, 0.15) is 0 Å². The predicted octanol–water partition coefficient (Wildman–Crippen LogP) is 3.62. The average Bonchev–Trinajstić information content (AvgIpc) is 2.37. The van der Waals surface area contributed by atoms with Crippen molar-refractivity contribution in [2.24, 2.45) is 11.8 Å². The largest absolute Gasteiger partial charge is 0.314 e. The van der Waals surface area contributed by atoms with Gasteiger partial charge in [0.2, 0.25) is 0 Å². The molecule has 0 aromatic heterocycles. The van der Waals surface area contributed by atoms with E-state index in [1.165, 1.54) is 57.6 Å². The second kappa shape index (κ2) is 7.51. The van der Waals surface area contributed by atoms with Gasteiger partial charge in [-0.2, -0.15) is 11.8 Å². The van der Waals surface area contributed by atoms with Gasteiger partial charge in [0.25, 0.3) is 0 Å². The van der Waals surface area contributed by atoms with Gasteiger partial charge < -0.3 is 10.2 Å². The molecule has 1 aliphatic heterocycles. The smallest absolute Gasteiger partial charge is 0.0231 e. The van der Waals surface area contributed by atoms with Crippen LogP contribution in [0, 0.1) is 11.8 Å². The maximum Gasteiger partial charge on any atom is 0.0231 e. The summed E-state index contributed by atoms with van der Waals surface area (Å²) >= 11 is 2.14. The van der Waals surface area contributed by atoms with E-state index in [2.05, 4.69) is 49.7 Å². The number of rotatable bonds is 5. The molecule has 1 aliphatic carbocycles. The van der Waals surface area contributed by atoms with Gasteiger partial charge in [0, 0.05) is 36.2 Å². The summed E-state index contributed by atoms with van der Waals surface area (Å²) < 4.78 is 0.449. The van der Waals surface area contributed by atoms with Crippen LogP contribution < -0.4 is 5.32 Å². The Labute approximate surface area is 130 Å². The van der Waals surface area contributed by atoms with Crippen LogP contribution in [0.3, 0.4) is 0 Å². The lowest BCUT2D eigenvalue weighted by atomic mass is 9.78. The third-order valence-electron chi connectivity index (χ3n) is 4.90. The van der Waals surface area contributed by atoms with E-state index in [0.29, 0.717) is 4.75 Å². The topological polar surface area (TPSA) is 15.3 Å². The molecule has 0 spiro atoms. The van der Waals surface area contributed by atoms with E-state index in [9.17, 15) is 0 Å². The Morgan fingerprint density at radius 3 is 2.80 bits per heavy atom. The summed E-state index contributed by atoms with van der Waals surface area (Å²) in [4.78, 5) is 2.74. The molecule has 2 rings (SSSR count). The molecule has 20 heavy (non-hydrogen) atoms. The third kappa shape index (κ3) is 4.92. The lowest BCUT2D eigenvalue weighted by molar-refractivity contribution is 0.141. The Morgan fingerprint density at radius 2 is 2.10 bits per heavy atom. The number of nitrogens with zero attached hydrogens (tertiary/aromatic N) is 1. The number of nitrogens with one attached hydrogen (secondary N) is 1. The van der Waals surface area contributed by atoms with Crippen LogP contribution in [0.2, 0.25) is 0 Å². The first-order valence-corrected chi connectivity index (χ1v) is 9.58. The highest BCUT2D eigenvalue weighted by Gasteiger charge is 2.33. The fourth-order valence-corrected chi connectivity index (χ4v) is 5.08. The van der Waals surface area contributed by atoms with E-state index < -0.39 is 0 Å². The molecule has 118 valence electrons. The van der Waals surface area contributed by atoms with Gasteiger partial charge >= 0.3 is 0 Å². The van der Waals surface area contributed by atoms with Crippen LogP contribution in [0.1, 0.15) is 53.4 Å². The molecule has 1 saturated carbocycles. The van der Waals surface area contributed by atoms with Crippen molar-refractivity contribution in [1.29, 1.82) is 0 Å². The van der Waals surface area contributed by atoms with Crippen LogP contribution in [0.4, 0.5) is 0 Å². The molecule has 3 atom stereocenters. The number of hydrogen-bond donors (Lipinski definition) is 1. The normalized spacial score (nSPS) is 35.1. The lowest BCUT2D eigenvalue weighted by Gasteiger charge is -2.43. The van der Waals surface area contributed by atoms with Crippen LogP contribution >= 0.6 is 11.8 Å². The molecule has 0 amide bonds. The van der Waals surface area contributed by atoms with Crippen molar-refractivity contribution in [3.05, 3.63) is 0 Å². The van der Waals surface area contributed by atoms with Crippen LogP contribution in [0.25, 0.3) is 0 Å². The van der Waals surface area contributed by atoms with E-state index in [1.807, 2.05) is 0 Å². The first-order chi connectivity index (χ1) is 9.50. The molecule has 3 heteroatoms. The van der Waals surface area contributed by atoms with Crippen molar-refractivity contribution >= 4 is 11.8 Å². The number of hydrogen-bond acceptors (Lipinski definition) is 3. The fourth-order valence-electron chi connectivity index (χ4n) is 3.90. The summed E-state index contributed by atoms with van der Waals surface area (Å²) in [6.07, 6.45) is 5.48. The zero-order valence-electron chi connectivity index (χ0n) is 14.0. The summed E-state index contributed by atoms with van der Waals surface area (Å²) in [7, 11) is 0. The summed E-state index contributed by atoms with van der Waals surface area (Å²) in [5.74, 6) is 3.10. The maximum atomic E-state index is 3.82. The lowest BCUT2D eigenvalue weighted by Crippen LogP contribution is -2.50. The van der Waals surface area contributed by atoms with Crippen LogP contribution in [0.5, 0.6) is 0 Å². The van der Waals surface area contributed by atoms with Crippen molar-refractivity contribution in [1.82, 2.24) is 10.2 Å². The molecule has 1 N–H and O–H groups in total. The standard InChI is InChI=1S/C17H34N2S/c1-5-8-18-16-7-6-14(2)11-15(16)12-19-9-10-20-17(3,4)13-19/h14-16,18H,5-13H2,1-4H3. The summed E-state index contributed by atoms with van der Waals surface area (Å²) in [6, 6.07) is 0.767. The van der Waals surface area contributed by atoms with E-state index >= 15 is 0 Å². The van der Waals surface area contributed by atoms with Crippen LogP contribution in [0.15, 0.2) is 0 Å². The molecule has 0 radical (unpaired) electrons. The molecule has 2 nitrogen and oxygen atoms in total. The second-order valence-corrected chi connectivity index (χ2v) is 9.38. The Kier molecular flexibility index (Phi) is 6.25. The molecular formula is C17H34N2S. The summed E-state index contributed by atoms with van der Waals surface area (Å²) in [6.45, 7) is 14.6. The first kappa shape index (κ1) is 16.6. The Bertz CT molecular complexity index is 291. The molecule has 1 heterocycles. The summed E-state index contributed by atoms with van der Waals surface area (Å²) in [5, 5.41) is 3.82. The molecule has 3 unspecified atom stereocenters. The number of thioether (sulfide) groups is 1. The van der Waals surface area contributed by atoms with Crippen LogP contribution in [-0.2, 0) is 0 Å². The van der Waals surface area contributed by atoms with Crippen molar-refractivity contribution in [3.8, 4) is 0 Å². The molecule has 0 aromatic carbocycles. The van der Waals surface area contributed by atoms with E-state index in [-0.39, 0.29) is 0 Å². The van der Waals surface area contributed by atoms with Gasteiger partial charge in [-0.3, -0.25) is 0 Å². The molecule has 0 bridgehead atoms.